The molecule has 6 nitrogen and oxygen atoms in total. The Morgan fingerprint density at radius 2 is 1.83 bits per heavy atom. The molecule has 3 N–H and O–H groups in total. The molecule has 0 aliphatic carbocycles. The van der Waals surface area contributed by atoms with Crippen molar-refractivity contribution < 1.29 is 19.4 Å². The van der Waals surface area contributed by atoms with Crippen molar-refractivity contribution in [2.24, 2.45) is 0 Å². The van der Waals surface area contributed by atoms with E-state index in [0.717, 1.165) is 0 Å². The third-order valence-corrected chi connectivity index (χ3v) is 2.36. The number of aliphatic carboxylic acids is 1. The molecule has 18 heavy (non-hydrogen) atoms. The summed E-state index contributed by atoms with van der Waals surface area (Å²) in [6, 6.07) is 6.08. The van der Waals surface area contributed by atoms with Crippen molar-refractivity contribution >= 4 is 23.4 Å². The highest BCUT2D eigenvalue weighted by atomic mass is 16.5. The molecule has 1 rings (SSSR count). The number of hydrogen-bond donors (Lipinski definition) is 3. The first-order chi connectivity index (χ1) is 8.56. The van der Waals surface area contributed by atoms with E-state index in [1.54, 1.807) is 31.2 Å². The summed E-state index contributed by atoms with van der Waals surface area (Å²) in [7, 11) is 1.28. The minimum absolute atomic E-state index is 0.484. The van der Waals surface area contributed by atoms with Crippen LogP contribution in [0, 0.1) is 0 Å². The van der Waals surface area contributed by atoms with Crippen LogP contribution in [0.2, 0.25) is 0 Å². The number of anilines is 2. The van der Waals surface area contributed by atoms with E-state index in [1.165, 1.54) is 7.11 Å². The summed E-state index contributed by atoms with van der Waals surface area (Å²) in [5.74, 6) is -0.894. The lowest BCUT2D eigenvalue weighted by molar-refractivity contribution is -0.137. The first-order valence-electron chi connectivity index (χ1n) is 5.51. The number of carboxylic acid groups (broad SMARTS) is 1. The molecule has 1 unspecified atom stereocenters. The van der Waals surface area contributed by atoms with E-state index in [4.69, 9.17) is 5.11 Å². The van der Waals surface area contributed by atoms with Crippen molar-refractivity contribution in [3.8, 4) is 0 Å². The fraction of sp³-hybridized carbons (Fsp3) is 0.333. The molecule has 1 aromatic carbocycles. The summed E-state index contributed by atoms with van der Waals surface area (Å²) in [4.78, 5) is 21.8. The smallest absolute Gasteiger partial charge is 0.411 e. The van der Waals surface area contributed by atoms with Gasteiger partial charge in [0.2, 0.25) is 0 Å². The Labute approximate surface area is 105 Å². The molecule has 1 aromatic rings. The SMILES string of the molecule is CCC(Nc1ccc(NC(=O)OC)cc1)C(=O)O. The van der Waals surface area contributed by atoms with E-state index in [0.29, 0.717) is 17.8 Å². The lowest BCUT2D eigenvalue weighted by atomic mass is 10.2. The molecule has 0 aromatic heterocycles. The molecule has 1 atom stereocenters. The number of methoxy groups -OCH3 is 1. The minimum atomic E-state index is -0.894. The normalized spacial score (nSPS) is 11.4. The van der Waals surface area contributed by atoms with E-state index in [1.807, 2.05) is 0 Å². The monoisotopic (exact) mass is 252 g/mol. The molecule has 0 heterocycles. The van der Waals surface area contributed by atoms with Crippen molar-refractivity contribution in [1.82, 2.24) is 0 Å². The second-order valence-electron chi connectivity index (χ2n) is 3.64. The molecular formula is C12H16N2O4. The van der Waals surface area contributed by atoms with Crippen molar-refractivity contribution in [2.45, 2.75) is 19.4 Å². The van der Waals surface area contributed by atoms with E-state index in [9.17, 15) is 9.59 Å². The number of carbonyl (C=O) groups is 2. The largest absolute Gasteiger partial charge is 0.480 e. The summed E-state index contributed by atoms with van der Waals surface area (Å²) >= 11 is 0. The topological polar surface area (TPSA) is 87.7 Å². The quantitative estimate of drug-likeness (QED) is 0.747. The fourth-order valence-electron chi connectivity index (χ4n) is 1.36. The van der Waals surface area contributed by atoms with Crippen molar-refractivity contribution in [2.75, 3.05) is 17.7 Å². The summed E-state index contributed by atoms with van der Waals surface area (Å²) in [5.41, 5.74) is 1.26. The highest BCUT2D eigenvalue weighted by molar-refractivity contribution is 5.85. The minimum Gasteiger partial charge on any atom is -0.480 e. The number of amides is 1. The summed E-state index contributed by atoms with van der Waals surface area (Å²) in [5, 5.41) is 14.3. The number of ether oxygens (including phenoxy) is 1. The van der Waals surface area contributed by atoms with Crippen LogP contribution in [0.1, 0.15) is 13.3 Å². The number of hydrogen-bond acceptors (Lipinski definition) is 4. The Morgan fingerprint density at radius 1 is 1.28 bits per heavy atom. The summed E-state index contributed by atoms with van der Waals surface area (Å²) in [6.07, 6.45) is -0.0648. The molecule has 0 saturated heterocycles. The molecule has 0 spiro atoms. The second kappa shape index (κ2) is 6.48. The maximum atomic E-state index is 11.0. The highest BCUT2D eigenvalue weighted by Crippen LogP contribution is 2.15. The van der Waals surface area contributed by atoms with Gasteiger partial charge in [-0.25, -0.2) is 9.59 Å². The van der Waals surface area contributed by atoms with Crippen LogP contribution in [0.5, 0.6) is 0 Å². The Balaban J connectivity index is 2.65. The van der Waals surface area contributed by atoms with Gasteiger partial charge < -0.3 is 15.2 Å². The summed E-state index contributed by atoms with van der Waals surface area (Å²) in [6.45, 7) is 1.79. The zero-order valence-corrected chi connectivity index (χ0v) is 10.3. The highest BCUT2D eigenvalue weighted by Gasteiger charge is 2.13. The first-order valence-corrected chi connectivity index (χ1v) is 5.51. The van der Waals surface area contributed by atoms with Crippen LogP contribution in [0.3, 0.4) is 0 Å². The van der Waals surface area contributed by atoms with Crippen LogP contribution in [-0.2, 0) is 9.53 Å². The molecular weight excluding hydrogens is 236 g/mol. The van der Waals surface area contributed by atoms with Crippen molar-refractivity contribution in [3.05, 3.63) is 24.3 Å². The third kappa shape index (κ3) is 3.97. The molecule has 0 radical (unpaired) electrons. The van der Waals surface area contributed by atoms with Gasteiger partial charge in [0, 0.05) is 11.4 Å². The van der Waals surface area contributed by atoms with Crippen LogP contribution in [0.4, 0.5) is 16.2 Å². The fourth-order valence-corrected chi connectivity index (χ4v) is 1.36. The zero-order chi connectivity index (χ0) is 13.5. The standard InChI is InChI=1S/C12H16N2O4/c1-3-10(11(15)16)13-8-4-6-9(7-5-8)14-12(17)18-2/h4-7,10,13H,3H2,1-2H3,(H,14,17)(H,15,16). The molecule has 1 amide bonds. The van der Waals surface area contributed by atoms with Gasteiger partial charge in [-0.15, -0.1) is 0 Å². The summed E-state index contributed by atoms with van der Waals surface area (Å²) < 4.78 is 4.45. The van der Waals surface area contributed by atoms with Gasteiger partial charge in [0.25, 0.3) is 0 Å². The lowest BCUT2D eigenvalue weighted by Crippen LogP contribution is -2.28. The lowest BCUT2D eigenvalue weighted by Gasteiger charge is -2.14. The van der Waals surface area contributed by atoms with Gasteiger partial charge in [-0.05, 0) is 30.7 Å². The van der Waals surface area contributed by atoms with E-state index in [-0.39, 0.29) is 0 Å². The second-order valence-corrected chi connectivity index (χ2v) is 3.64. The van der Waals surface area contributed by atoms with E-state index < -0.39 is 18.1 Å². The van der Waals surface area contributed by atoms with Crippen LogP contribution in [0.25, 0.3) is 0 Å². The zero-order valence-electron chi connectivity index (χ0n) is 10.3. The maximum Gasteiger partial charge on any atom is 0.411 e. The Kier molecular flexibility index (Phi) is 4.98. The number of carbonyl (C=O) groups excluding carboxylic acids is 1. The number of benzene rings is 1. The van der Waals surface area contributed by atoms with Gasteiger partial charge in [0.05, 0.1) is 7.11 Å². The molecule has 0 fully saturated rings. The maximum absolute atomic E-state index is 11.0. The first kappa shape index (κ1) is 13.8. The Morgan fingerprint density at radius 3 is 2.28 bits per heavy atom. The molecule has 98 valence electrons. The Hall–Kier alpha value is -2.24. The van der Waals surface area contributed by atoms with E-state index >= 15 is 0 Å². The average Bonchev–Trinajstić information content (AvgIpc) is 2.37. The molecule has 0 aliphatic rings. The van der Waals surface area contributed by atoms with Gasteiger partial charge in [-0.1, -0.05) is 6.92 Å². The van der Waals surface area contributed by atoms with Crippen molar-refractivity contribution in [1.29, 1.82) is 0 Å². The van der Waals surface area contributed by atoms with Crippen LogP contribution in [0.15, 0.2) is 24.3 Å². The molecule has 0 aliphatic heterocycles. The van der Waals surface area contributed by atoms with Gasteiger partial charge in [-0.2, -0.15) is 0 Å². The Bertz CT molecular complexity index is 417. The van der Waals surface area contributed by atoms with Gasteiger partial charge >= 0.3 is 12.1 Å². The third-order valence-electron chi connectivity index (χ3n) is 2.36. The number of rotatable bonds is 5. The van der Waals surface area contributed by atoms with Crippen LogP contribution < -0.4 is 10.6 Å². The molecule has 0 saturated carbocycles. The number of nitrogens with one attached hydrogen (secondary N) is 2. The molecule has 0 bridgehead atoms. The van der Waals surface area contributed by atoms with Crippen molar-refractivity contribution in [3.63, 3.8) is 0 Å². The average molecular weight is 252 g/mol. The van der Waals surface area contributed by atoms with E-state index in [2.05, 4.69) is 15.4 Å². The predicted molar refractivity (Wildman–Crippen MR) is 67.8 cm³/mol. The van der Waals surface area contributed by atoms with Crippen LogP contribution >= 0.6 is 0 Å². The van der Waals surface area contributed by atoms with Gasteiger partial charge in [0.15, 0.2) is 0 Å². The van der Waals surface area contributed by atoms with Crippen LogP contribution in [-0.4, -0.2) is 30.3 Å². The number of carboxylic acids is 1. The van der Waals surface area contributed by atoms with Gasteiger partial charge in [0.1, 0.15) is 6.04 Å². The molecule has 6 heteroatoms. The van der Waals surface area contributed by atoms with Gasteiger partial charge in [-0.3, -0.25) is 5.32 Å². The predicted octanol–water partition coefficient (Wildman–Crippen LogP) is 2.14.